The molecule has 3 N–H and O–H groups in total. The summed E-state index contributed by atoms with van der Waals surface area (Å²) in [5, 5.41) is 18.5. The number of nitrogens with one attached hydrogen (secondary N) is 2. The van der Waals surface area contributed by atoms with E-state index in [9.17, 15) is 19.5 Å². The number of carboxylic acids is 1. The predicted octanol–water partition coefficient (Wildman–Crippen LogP) is 9.39. The van der Waals surface area contributed by atoms with Crippen LogP contribution in [0.5, 0.6) is 0 Å². The van der Waals surface area contributed by atoms with Crippen LogP contribution in [-0.2, 0) is 11.3 Å². The van der Waals surface area contributed by atoms with Crippen LogP contribution in [0.4, 0.5) is 11.4 Å². The number of hydrogen-bond acceptors (Lipinski definition) is 4. The fourth-order valence-corrected chi connectivity index (χ4v) is 7.27. The molecule has 7 nitrogen and oxygen atoms in total. The van der Waals surface area contributed by atoms with Crippen LogP contribution in [0.1, 0.15) is 38.5 Å². The molecule has 7 rings (SSSR count). The van der Waals surface area contributed by atoms with Crippen molar-refractivity contribution in [1.29, 1.82) is 0 Å². The molecule has 1 atom stereocenters. The Morgan fingerprint density at radius 3 is 2.08 bits per heavy atom. The Labute approximate surface area is 281 Å². The maximum atomic E-state index is 13.9. The Kier molecular flexibility index (Phi) is 8.40. The van der Waals surface area contributed by atoms with E-state index in [1.165, 1.54) is 17.8 Å². The first-order chi connectivity index (χ1) is 23.4. The number of rotatable bonds is 9. The zero-order valence-corrected chi connectivity index (χ0v) is 26.8. The van der Waals surface area contributed by atoms with E-state index in [1.54, 1.807) is 42.5 Å². The first-order valence-electron chi connectivity index (χ1n) is 15.6. The lowest BCUT2D eigenvalue weighted by molar-refractivity contribution is -0.115. The predicted molar refractivity (Wildman–Crippen MR) is 194 cm³/mol. The summed E-state index contributed by atoms with van der Waals surface area (Å²) in [6.07, 6.45) is 0. The summed E-state index contributed by atoms with van der Waals surface area (Å²) < 4.78 is 2.28. The number of thioether (sulfide) groups is 1. The summed E-state index contributed by atoms with van der Waals surface area (Å²) in [6.45, 7) is 2.98. The van der Waals surface area contributed by atoms with Gasteiger partial charge in [-0.25, -0.2) is 4.79 Å². The van der Waals surface area contributed by atoms with E-state index in [-0.39, 0.29) is 17.0 Å². The number of aryl methyl sites for hydroxylation is 1. The normalized spacial score (nSPS) is 11.9. The van der Waals surface area contributed by atoms with Gasteiger partial charge in [0.05, 0.1) is 5.56 Å². The van der Waals surface area contributed by atoms with Gasteiger partial charge in [0.2, 0.25) is 5.91 Å². The minimum absolute atomic E-state index is 0.0721. The monoisotopic (exact) mass is 649 g/mol. The Balaban J connectivity index is 1.12. The lowest BCUT2D eigenvalue weighted by Crippen LogP contribution is -2.19. The second-order valence-corrected chi connectivity index (χ2v) is 12.6. The maximum absolute atomic E-state index is 13.9. The number of fused-ring (bicyclic) bond motifs is 4. The molecule has 1 aromatic heterocycles. The molecule has 1 heterocycles. The van der Waals surface area contributed by atoms with Gasteiger partial charge in [0, 0.05) is 55.6 Å². The number of aromatic carboxylic acids is 1. The summed E-state index contributed by atoms with van der Waals surface area (Å²) in [5.41, 5.74) is 4.79. The molecule has 0 bridgehead atoms. The van der Waals surface area contributed by atoms with Crippen LogP contribution >= 0.6 is 11.8 Å². The molecular weight excluding hydrogens is 619 g/mol. The second kappa shape index (κ2) is 13.1. The van der Waals surface area contributed by atoms with Gasteiger partial charge in [0.1, 0.15) is 5.25 Å². The smallest absolute Gasteiger partial charge is 0.336 e. The molecular formula is C40H31N3O4S. The van der Waals surface area contributed by atoms with E-state index in [0.29, 0.717) is 16.5 Å². The van der Waals surface area contributed by atoms with Crippen LogP contribution in [0.25, 0.3) is 32.6 Å². The van der Waals surface area contributed by atoms with Crippen LogP contribution in [0.15, 0.2) is 138 Å². The summed E-state index contributed by atoms with van der Waals surface area (Å²) >= 11 is 1.42. The van der Waals surface area contributed by atoms with Crippen LogP contribution in [0.3, 0.4) is 0 Å². The van der Waals surface area contributed by atoms with E-state index < -0.39 is 17.1 Å². The molecule has 0 aliphatic rings. The van der Waals surface area contributed by atoms with Gasteiger partial charge >= 0.3 is 5.97 Å². The maximum Gasteiger partial charge on any atom is 0.336 e. The Morgan fingerprint density at radius 1 is 0.688 bits per heavy atom. The first kappa shape index (κ1) is 30.8. The minimum atomic E-state index is -1.09. The lowest BCUT2D eigenvalue weighted by atomic mass is 9.98. The summed E-state index contributed by atoms with van der Waals surface area (Å²) in [6, 6.07) is 41.4. The largest absolute Gasteiger partial charge is 0.478 e. The number of carbonyl (C=O) groups excluding carboxylic acids is 2. The van der Waals surface area contributed by atoms with Gasteiger partial charge in [0.15, 0.2) is 0 Å². The number of amides is 2. The van der Waals surface area contributed by atoms with Crippen molar-refractivity contribution >= 4 is 73.5 Å². The number of anilines is 2. The van der Waals surface area contributed by atoms with Gasteiger partial charge in [-0.2, -0.15) is 0 Å². The van der Waals surface area contributed by atoms with Crippen molar-refractivity contribution in [3.63, 3.8) is 0 Å². The molecule has 6 aromatic carbocycles. The third kappa shape index (κ3) is 5.89. The van der Waals surface area contributed by atoms with Gasteiger partial charge in [-0.15, -0.1) is 11.8 Å². The number of aromatic nitrogens is 1. The van der Waals surface area contributed by atoms with E-state index in [4.69, 9.17) is 0 Å². The summed E-state index contributed by atoms with van der Waals surface area (Å²) in [7, 11) is 0. The van der Waals surface area contributed by atoms with Gasteiger partial charge in [0.25, 0.3) is 5.91 Å². The van der Waals surface area contributed by atoms with Gasteiger partial charge in [-0.1, -0.05) is 72.8 Å². The van der Waals surface area contributed by atoms with Crippen molar-refractivity contribution in [1.82, 2.24) is 4.57 Å². The molecule has 0 radical (unpaired) electrons. The third-order valence-corrected chi connectivity index (χ3v) is 9.71. The average molecular weight is 650 g/mol. The van der Waals surface area contributed by atoms with Crippen molar-refractivity contribution < 1.29 is 19.5 Å². The van der Waals surface area contributed by atoms with Crippen molar-refractivity contribution in [3.8, 4) is 0 Å². The Bertz CT molecular complexity index is 2330. The van der Waals surface area contributed by atoms with E-state index in [0.717, 1.165) is 44.5 Å². The molecule has 7 aromatic rings. The highest BCUT2D eigenvalue weighted by Crippen LogP contribution is 2.38. The molecule has 1 unspecified atom stereocenters. The Hall–Kier alpha value is -5.86. The fraction of sp³-hybridized carbons (Fsp3) is 0.0750. The highest BCUT2D eigenvalue weighted by molar-refractivity contribution is 8.00. The number of carbonyl (C=O) groups is 3. The highest BCUT2D eigenvalue weighted by atomic mass is 32.2. The van der Waals surface area contributed by atoms with E-state index in [1.807, 2.05) is 66.7 Å². The zero-order valence-electron chi connectivity index (χ0n) is 26.0. The lowest BCUT2D eigenvalue weighted by Gasteiger charge is -2.18. The molecule has 236 valence electrons. The molecule has 0 saturated carbocycles. The van der Waals surface area contributed by atoms with Crippen LogP contribution in [0.2, 0.25) is 0 Å². The summed E-state index contributed by atoms with van der Waals surface area (Å²) in [5.74, 6) is -1.65. The molecule has 0 fully saturated rings. The zero-order chi connectivity index (χ0) is 33.2. The van der Waals surface area contributed by atoms with E-state index in [2.05, 4.69) is 40.3 Å². The molecule has 0 aliphatic carbocycles. The van der Waals surface area contributed by atoms with Crippen LogP contribution in [-0.4, -0.2) is 27.5 Å². The first-order valence-corrected chi connectivity index (χ1v) is 16.5. The average Bonchev–Trinajstić information content (AvgIpc) is 3.43. The standard InChI is InChI=1S/C40H31N3O4S/c1-2-43-34-17-7-6-14-30(34)33-24-28(20-23-35(33)43)42-39(45)37(26-10-4-3-5-11-26)48-29-21-18-27(19-22-29)41-38(44)31-15-8-12-25-13-9-16-32(36(25)31)40(46)47/h3-24,37H,2H2,1H3,(H,41,44)(H,42,45)(H,46,47). The third-order valence-electron chi connectivity index (χ3n) is 8.44. The number of nitrogens with zero attached hydrogens (tertiary/aromatic N) is 1. The molecule has 0 aliphatic heterocycles. The number of carboxylic acid groups (broad SMARTS) is 1. The topological polar surface area (TPSA) is 100 Å². The SMILES string of the molecule is CCn1c2ccccc2c2cc(NC(=O)C(Sc3ccc(NC(=O)c4cccc5cccc(C(=O)O)c45)cc3)c3ccccc3)ccc21. The summed E-state index contributed by atoms with van der Waals surface area (Å²) in [4.78, 5) is 39.9. The second-order valence-electron chi connectivity index (χ2n) is 11.4. The molecule has 0 saturated heterocycles. The molecule has 0 spiro atoms. The van der Waals surface area contributed by atoms with Gasteiger partial charge in [-0.3, -0.25) is 9.59 Å². The highest BCUT2D eigenvalue weighted by Gasteiger charge is 2.23. The van der Waals surface area contributed by atoms with E-state index >= 15 is 0 Å². The van der Waals surface area contributed by atoms with Crippen molar-refractivity contribution in [3.05, 3.63) is 150 Å². The molecule has 48 heavy (non-hydrogen) atoms. The van der Waals surface area contributed by atoms with Crippen molar-refractivity contribution in [2.75, 3.05) is 10.6 Å². The van der Waals surface area contributed by atoms with Gasteiger partial charge in [-0.05, 0) is 78.5 Å². The number of benzene rings is 6. The minimum Gasteiger partial charge on any atom is -0.478 e. The van der Waals surface area contributed by atoms with Crippen LogP contribution < -0.4 is 10.6 Å². The fourth-order valence-electron chi connectivity index (χ4n) is 6.24. The molecule has 8 heteroatoms. The molecule has 2 amide bonds. The number of para-hydroxylation sites is 1. The van der Waals surface area contributed by atoms with Gasteiger partial charge < -0.3 is 20.3 Å². The quantitative estimate of drug-likeness (QED) is 0.135. The van der Waals surface area contributed by atoms with Crippen molar-refractivity contribution in [2.24, 2.45) is 0 Å². The van der Waals surface area contributed by atoms with Crippen LogP contribution in [0, 0.1) is 0 Å². The van der Waals surface area contributed by atoms with Crippen molar-refractivity contribution in [2.45, 2.75) is 23.6 Å². The number of hydrogen-bond donors (Lipinski definition) is 3. The Morgan fingerprint density at radius 2 is 1.35 bits per heavy atom.